The molecule has 0 fully saturated rings. The molecule has 3 nitrogen and oxygen atoms in total. The number of allylic oxidation sites excluding steroid dienone is 4. The Kier molecular flexibility index (Phi) is 12.8. The van der Waals surface area contributed by atoms with Gasteiger partial charge in [-0.2, -0.15) is 0 Å². The number of aliphatic imine (C=N–C) groups is 1. The Morgan fingerprint density at radius 1 is 1.20 bits per heavy atom. The average Bonchev–Trinajstić information content (AvgIpc) is 2.25. The van der Waals surface area contributed by atoms with Gasteiger partial charge in [0, 0.05) is 0 Å². The summed E-state index contributed by atoms with van der Waals surface area (Å²) in [5.41, 5.74) is 11.4. The van der Waals surface area contributed by atoms with Crippen molar-refractivity contribution in [1.29, 1.82) is 0 Å². The number of nitrogens with two attached hydrogens (primary N) is 2. The second-order valence-electron chi connectivity index (χ2n) is 2.31. The van der Waals surface area contributed by atoms with E-state index in [1.54, 1.807) is 12.2 Å². The summed E-state index contributed by atoms with van der Waals surface area (Å²) in [7, 11) is 0. The maximum absolute atomic E-state index is 5.20. The first-order valence-electron chi connectivity index (χ1n) is 4.86. The lowest BCUT2D eigenvalue weighted by Gasteiger charge is -1.95. The molecule has 0 aliphatic heterocycles. The zero-order valence-corrected chi connectivity index (χ0v) is 9.61. The van der Waals surface area contributed by atoms with E-state index < -0.39 is 0 Å². The number of guanidine groups is 1. The van der Waals surface area contributed by atoms with Gasteiger partial charge in [-0.05, 0) is 5.57 Å². The molecule has 15 heavy (non-hydrogen) atoms. The van der Waals surface area contributed by atoms with Crippen molar-refractivity contribution in [1.82, 2.24) is 0 Å². The molecule has 0 aliphatic carbocycles. The summed E-state index contributed by atoms with van der Waals surface area (Å²) in [6.45, 7) is 11.6. The summed E-state index contributed by atoms with van der Waals surface area (Å²) < 4.78 is 0. The lowest BCUT2D eigenvalue weighted by atomic mass is 10.2. The highest BCUT2D eigenvalue weighted by Gasteiger charge is 1.88. The highest BCUT2D eigenvalue weighted by atomic mass is 15.0. The van der Waals surface area contributed by atoms with Gasteiger partial charge in [-0.1, -0.05) is 57.4 Å². The molecule has 0 aromatic heterocycles. The predicted octanol–water partition coefficient (Wildman–Crippen LogP) is 2.14. The summed E-state index contributed by atoms with van der Waals surface area (Å²) >= 11 is 0. The molecular formula is C12H21N3. The minimum absolute atomic E-state index is 0.0852. The minimum Gasteiger partial charge on any atom is -0.370 e. The summed E-state index contributed by atoms with van der Waals surface area (Å²) in [5.74, 6) is 0.0852. The van der Waals surface area contributed by atoms with Gasteiger partial charge in [-0.25, -0.2) is 4.99 Å². The Labute approximate surface area is 92.6 Å². The van der Waals surface area contributed by atoms with Crippen LogP contribution < -0.4 is 11.5 Å². The van der Waals surface area contributed by atoms with Crippen LogP contribution in [0.2, 0.25) is 0 Å². The van der Waals surface area contributed by atoms with Gasteiger partial charge in [0.15, 0.2) is 5.96 Å². The summed E-state index contributed by atoms with van der Waals surface area (Å²) in [6, 6.07) is 0. The van der Waals surface area contributed by atoms with Crippen molar-refractivity contribution in [3.05, 3.63) is 49.1 Å². The Morgan fingerprint density at radius 3 is 2.20 bits per heavy atom. The molecule has 0 rings (SSSR count). The van der Waals surface area contributed by atoms with Crippen LogP contribution in [0.4, 0.5) is 0 Å². The van der Waals surface area contributed by atoms with E-state index in [0.717, 1.165) is 5.57 Å². The Bertz CT molecular complexity index is 256. The van der Waals surface area contributed by atoms with Crippen molar-refractivity contribution in [3.63, 3.8) is 0 Å². The smallest absolute Gasteiger partial charge is 0.186 e. The quantitative estimate of drug-likeness (QED) is 0.412. The SMILES string of the molecule is C=C/C=C\C(=C/C=C)CN=C(N)N.CC. The van der Waals surface area contributed by atoms with E-state index in [1.165, 1.54) is 0 Å². The first-order chi connectivity index (χ1) is 7.20. The Morgan fingerprint density at radius 2 is 1.80 bits per heavy atom. The second kappa shape index (κ2) is 12.2. The highest BCUT2D eigenvalue weighted by Crippen LogP contribution is 1.98. The lowest BCUT2D eigenvalue weighted by molar-refractivity contribution is 1.16. The highest BCUT2D eigenvalue weighted by molar-refractivity contribution is 5.75. The number of rotatable bonds is 5. The molecule has 0 radical (unpaired) electrons. The first-order valence-corrected chi connectivity index (χ1v) is 4.86. The van der Waals surface area contributed by atoms with Crippen LogP contribution in [0.1, 0.15) is 13.8 Å². The van der Waals surface area contributed by atoms with Crippen LogP contribution in [-0.2, 0) is 0 Å². The predicted molar refractivity (Wildman–Crippen MR) is 69.6 cm³/mol. The van der Waals surface area contributed by atoms with Gasteiger partial charge >= 0.3 is 0 Å². The Hall–Kier alpha value is -1.77. The van der Waals surface area contributed by atoms with E-state index in [0.29, 0.717) is 6.54 Å². The molecule has 0 aromatic carbocycles. The minimum atomic E-state index is 0.0852. The zero-order chi connectivity index (χ0) is 12.1. The molecule has 0 bridgehead atoms. The third-order valence-electron chi connectivity index (χ3n) is 1.22. The van der Waals surface area contributed by atoms with Gasteiger partial charge in [-0.3, -0.25) is 0 Å². The van der Waals surface area contributed by atoms with Crippen molar-refractivity contribution in [2.24, 2.45) is 16.5 Å². The van der Waals surface area contributed by atoms with Crippen molar-refractivity contribution in [2.45, 2.75) is 13.8 Å². The molecule has 0 heterocycles. The second-order valence-corrected chi connectivity index (χ2v) is 2.31. The zero-order valence-electron chi connectivity index (χ0n) is 9.61. The maximum Gasteiger partial charge on any atom is 0.186 e. The third-order valence-corrected chi connectivity index (χ3v) is 1.22. The van der Waals surface area contributed by atoms with Crippen LogP contribution >= 0.6 is 0 Å². The lowest BCUT2D eigenvalue weighted by Crippen LogP contribution is -2.23. The molecule has 0 aromatic rings. The number of nitrogens with zero attached hydrogens (tertiary/aromatic N) is 1. The normalized spacial score (nSPS) is 10.1. The van der Waals surface area contributed by atoms with Gasteiger partial charge in [0.1, 0.15) is 0 Å². The average molecular weight is 207 g/mol. The van der Waals surface area contributed by atoms with Crippen LogP contribution in [0.15, 0.2) is 54.1 Å². The van der Waals surface area contributed by atoms with E-state index in [4.69, 9.17) is 11.5 Å². The van der Waals surface area contributed by atoms with E-state index >= 15 is 0 Å². The van der Waals surface area contributed by atoms with Crippen molar-refractivity contribution in [2.75, 3.05) is 6.54 Å². The van der Waals surface area contributed by atoms with Gasteiger partial charge in [-0.15, -0.1) is 0 Å². The fraction of sp³-hybridized carbons (Fsp3) is 0.250. The summed E-state index contributed by atoms with van der Waals surface area (Å²) in [5, 5.41) is 0. The van der Waals surface area contributed by atoms with Crippen molar-refractivity contribution >= 4 is 5.96 Å². The van der Waals surface area contributed by atoms with E-state index in [9.17, 15) is 0 Å². The molecule has 0 amide bonds. The summed E-state index contributed by atoms with van der Waals surface area (Å²) in [6.07, 6.45) is 8.91. The first kappa shape index (κ1) is 15.7. The molecule has 0 unspecified atom stereocenters. The monoisotopic (exact) mass is 207 g/mol. The van der Waals surface area contributed by atoms with E-state index in [-0.39, 0.29) is 5.96 Å². The largest absolute Gasteiger partial charge is 0.370 e. The van der Waals surface area contributed by atoms with Crippen LogP contribution in [0.3, 0.4) is 0 Å². The maximum atomic E-state index is 5.20. The molecule has 0 atom stereocenters. The van der Waals surface area contributed by atoms with Gasteiger partial charge in [0.05, 0.1) is 6.54 Å². The molecule has 0 aliphatic rings. The fourth-order valence-corrected chi connectivity index (χ4v) is 0.687. The third kappa shape index (κ3) is 12.2. The van der Waals surface area contributed by atoms with Crippen LogP contribution in [0.25, 0.3) is 0 Å². The van der Waals surface area contributed by atoms with Crippen LogP contribution in [0, 0.1) is 0 Å². The number of hydrogen-bond donors (Lipinski definition) is 2. The molecule has 0 saturated heterocycles. The van der Waals surface area contributed by atoms with Gasteiger partial charge < -0.3 is 11.5 Å². The molecule has 0 spiro atoms. The molecule has 4 N–H and O–H groups in total. The topological polar surface area (TPSA) is 64.4 Å². The summed E-state index contributed by atoms with van der Waals surface area (Å²) in [4.78, 5) is 3.87. The van der Waals surface area contributed by atoms with Crippen molar-refractivity contribution < 1.29 is 0 Å². The Balaban J connectivity index is 0. The van der Waals surface area contributed by atoms with Crippen LogP contribution in [0.5, 0.6) is 0 Å². The van der Waals surface area contributed by atoms with E-state index in [2.05, 4.69) is 18.2 Å². The molecular weight excluding hydrogens is 186 g/mol. The van der Waals surface area contributed by atoms with Gasteiger partial charge in [0.25, 0.3) is 0 Å². The standard InChI is InChI=1S/C10H15N3.C2H6/c1-3-5-7-9(6-4-2)8-13-10(11)12;1-2/h3-7H,1-2,8H2,(H4,11,12,13);1-2H3/b7-5-,9-6+;. The van der Waals surface area contributed by atoms with Crippen molar-refractivity contribution in [3.8, 4) is 0 Å². The molecule has 0 saturated carbocycles. The van der Waals surface area contributed by atoms with Crippen LogP contribution in [-0.4, -0.2) is 12.5 Å². The van der Waals surface area contributed by atoms with Gasteiger partial charge in [0.2, 0.25) is 0 Å². The fourth-order valence-electron chi connectivity index (χ4n) is 0.687. The molecule has 3 heteroatoms. The molecule has 84 valence electrons. The van der Waals surface area contributed by atoms with E-state index in [1.807, 2.05) is 32.1 Å². The number of hydrogen-bond acceptors (Lipinski definition) is 1.